The van der Waals surface area contributed by atoms with Gasteiger partial charge in [-0.25, -0.2) is 0 Å². The monoisotopic (exact) mass is 231 g/mol. The predicted molar refractivity (Wildman–Crippen MR) is 68.8 cm³/mol. The van der Waals surface area contributed by atoms with Crippen molar-refractivity contribution in [3.8, 4) is 0 Å². The molecule has 0 saturated heterocycles. The highest BCUT2D eigenvalue weighted by molar-refractivity contribution is 5.35. The van der Waals surface area contributed by atoms with Crippen molar-refractivity contribution in [2.45, 2.75) is 49.5 Å². The summed E-state index contributed by atoms with van der Waals surface area (Å²) in [6.07, 6.45) is 6.84. The molecular formula is C15H21NO. The van der Waals surface area contributed by atoms with Crippen molar-refractivity contribution in [1.29, 1.82) is 0 Å². The van der Waals surface area contributed by atoms with Crippen LogP contribution in [-0.2, 0) is 11.0 Å². The number of aliphatic hydroxyl groups is 1. The maximum Gasteiger partial charge on any atom is 0.0899 e. The van der Waals surface area contributed by atoms with Crippen molar-refractivity contribution in [3.05, 3.63) is 35.4 Å². The first-order valence-corrected chi connectivity index (χ1v) is 6.72. The first-order chi connectivity index (χ1) is 8.19. The third-order valence-electron chi connectivity index (χ3n) is 4.71. The van der Waals surface area contributed by atoms with Gasteiger partial charge in [-0.2, -0.15) is 0 Å². The highest BCUT2D eigenvalue weighted by atomic mass is 16.3. The smallest absolute Gasteiger partial charge is 0.0899 e. The van der Waals surface area contributed by atoms with Crippen LogP contribution < -0.4 is 5.73 Å². The predicted octanol–water partition coefficient (Wildman–Crippen LogP) is 2.44. The summed E-state index contributed by atoms with van der Waals surface area (Å²) >= 11 is 0. The molecule has 0 aromatic heterocycles. The van der Waals surface area contributed by atoms with Crippen LogP contribution in [0.15, 0.2) is 24.3 Å². The van der Waals surface area contributed by atoms with Gasteiger partial charge in [-0.3, -0.25) is 0 Å². The van der Waals surface area contributed by atoms with Crippen LogP contribution in [0.5, 0.6) is 0 Å². The number of hydrogen-bond acceptors (Lipinski definition) is 2. The van der Waals surface area contributed by atoms with E-state index in [0.717, 1.165) is 24.9 Å². The lowest BCUT2D eigenvalue weighted by atomic mass is 9.78. The molecule has 0 atom stereocenters. The second-order valence-corrected chi connectivity index (χ2v) is 5.80. The van der Waals surface area contributed by atoms with Crippen LogP contribution in [0, 0.1) is 0 Å². The zero-order valence-corrected chi connectivity index (χ0v) is 10.3. The molecular weight excluding hydrogens is 210 g/mol. The molecule has 2 saturated carbocycles. The Morgan fingerprint density at radius 2 is 1.47 bits per heavy atom. The molecule has 0 heterocycles. The number of benzene rings is 1. The van der Waals surface area contributed by atoms with Crippen molar-refractivity contribution < 1.29 is 5.11 Å². The molecule has 3 N–H and O–H groups in total. The lowest BCUT2D eigenvalue weighted by Crippen LogP contribution is -2.32. The van der Waals surface area contributed by atoms with Crippen molar-refractivity contribution in [1.82, 2.24) is 0 Å². The Morgan fingerprint density at radius 1 is 0.941 bits per heavy atom. The zero-order chi connectivity index (χ0) is 11.9. The van der Waals surface area contributed by atoms with Gasteiger partial charge in [0.25, 0.3) is 0 Å². The standard InChI is InChI=1S/C15H21NO/c16-11-14(7-1-2-8-14)12-3-5-13(6-4-12)15(17)9-10-15/h3-6,17H,1-2,7-11,16H2. The third-order valence-corrected chi connectivity index (χ3v) is 4.71. The van der Waals surface area contributed by atoms with E-state index in [4.69, 9.17) is 5.73 Å². The largest absolute Gasteiger partial charge is 0.385 e. The fourth-order valence-corrected chi connectivity index (χ4v) is 3.20. The van der Waals surface area contributed by atoms with E-state index in [1.165, 1.54) is 31.2 Å². The van der Waals surface area contributed by atoms with Crippen LogP contribution in [0.4, 0.5) is 0 Å². The highest BCUT2D eigenvalue weighted by Gasteiger charge is 2.42. The van der Waals surface area contributed by atoms with Crippen LogP contribution in [0.2, 0.25) is 0 Å². The summed E-state index contributed by atoms with van der Waals surface area (Å²) in [6, 6.07) is 8.56. The van der Waals surface area contributed by atoms with E-state index in [0.29, 0.717) is 0 Å². The second kappa shape index (κ2) is 3.82. The Bertz CT molecular complexity index is 399. The van der Waals surface area contributed by atoms with Gasteiger partial charge in [0, 0.05) is 12.0 Å². The van der Waals surface area contributed by atoms with Gasteiger partial charge in [-0.1, -0.05) is 37.1 Å². The van der Waals surface area contributed by atoms with E-state index in [-0.39, 0.29) is 5.41 Å². The second-order valence-electron chi connectivity index (χ2n) is 5.80. The molecule has 0 spiro atoms. The van der Waals surface area contributed by atoms with Gasteiger partial charge >= 0.3 is 0 Å². The molecule has 0 aliphatic heterocycles. The summed E-state index contributed by atoms with van der Waals surface area (Å²) in [4.78, 5) is 0. The quantitative estimate of drug-likeness (QED) is 0.839. The third kappa shape index (κ3) is 1.80. The van der Waals surface area contributed by atoms with E-state index < -0.39 is 5.60 Å². The molecule has 0 radical (unpaired) electrons. The highest BCUT2D eigenvalue weighted by Crippen LogP contribution is 2.46. The van der Waals surface area contributed by atoms with Gasteiger partial charge < -0.3 is 10.8 Å². The molecule has 0 bridgehead atoms. The summed E-state index contributed by atoms with van der Waals surface area (Å²) in [5, 5.41) is 10.1. The molecule has 92 valence electrons. The Morgan fingerprint density at radius 3 is 1.94 bits per heavy atom. The SMILES string of the molecule is NCC1(c2ccc(C3(O)CC3)cc2)CCCC1. The molecule has 2 nitrogen and oxygen atoms in total. The summed E-state index contributed by atoms with van der Waals surface area (Å²) in [6.45, 7) is 0.747. The van der Waals surface area contributed by atoms with Crippen LogP contribution in [0.25, 0.3) is 0 Å². The summed E-state index contributed by atoms with van der Waals surface area (Å²) in [5.41, 5.74) is 8.13. The first kappa shape index (κ1) is 11.2. The maximum absolute atomic E-state index is 10.1. The average Bonchev–Trinajstić information content (AvgIpc) is 2.96. The topological polar surface area (TPSA) is 46.2 Å². The lowest BCUT2D eigenvalue weighted by Gasteiger charge is -2.28. The normalized spacial score (nSPS) is 24.8. The molecule has 3 rings (SSSR count). The summed E-state index contributed by atoms with van der Waals surface area (Å²) in [7, 11) is 0. The van der Waals surface area contributed by atoms with E-state index >= 15 is 0 Å². The van der Waals surface area contributed by atoms with Crippen molar-refractivity contribution in [2.75, 3.05) is 6.54 Å². The molecule has 17 heavy (non-hydrogen) atoms. The van der Waals surface area contributed by atoms with Crippen LogP contribution in [0.3, 0.4) is 0 Å². The van der Waals surface area contributed by atoms with Gasteiger partial charge in [0.1, 0.15) is 0 Å². The molecule has 1 aromatic carbocycles. The number of rotatable bonds is 3. The minimum Gasteiger partial charge on any atom is -0.385 e. The maximum atomic E-state index is 10.1. The molecule has 1 aromatic rings. The molecule has 2 aliphatic rings. The summed E-state index contributed by atoms with van der Waals surface area (Å²) in [5.74, 6) is 0. The molecule has 0 amide bonds. The Labute approximate surface area is 103 Å². The van der Waals surface area contributed by atoms with Crippen molar-refractivity contribution in [3.63, 3.8) is 0 Å². The molecule has 0 unspecified atom stereocenters. The Balaban J connectivity index is 1.88. The van der Waals surface area contributed by atoms with Crippen molar-refractivity contribution >= 4 is 0 Å². The Hall–Kier alpha value is -0.860. The fraction of sp³-hybridized carbons (Fsp3) is 0.600. The minimum absolute atomic E-state index is 0.213. The van der Waals surface area contributed by atoms with E-state index in [2.05, 4.69) is 24.3 Å². The molecule has 2 aliphatic carbocycles. The fourth-order valence-electron chi connectivity index (χ4n) is 3.20. The molecule has 2 heteroatoms. The van der Waals surface area contributed by atoms with Crippen LogP contribution in [-0.4, -0.2) is 11.7 Å². The molecule has 2 fully saturated rings. The number of hydrogen-bond donors (Lipinski definition) is 2. The average molecular weight is 231 g/mol. The number of nitrogens with two attached hydrogens (primary N) is 1. The van der Waals surface area contributed by atoms with E-state index in [1.54, 1.807) is 0 Å². The summed E-state index contributed by atoms with van der Waals surface area (Å²) < 4.78 is 0. The van der Waals surface area contributed by atoms with E-state index in [9.17, 15) is 5.11 Å². The first-order valence-electron chi connectivity index (χ1n) is 6.72. The van der Waals surface area contributed by atoms with Gasteiger partial charge in [0.15, 0.2) is 0 Å². The van der Waals surface area contributed by atoms with Crippen molar-refractivity contribution in [2.24, 2.45) is 5.73 Å². The van der Waals surface area contributed by atoms with Gasteiger partial charge in [0.05, 0.1) is 5.60 Å². The lowest BCUT2D eigenvalue weighted by molar-refractivity contribution is 0.151. The Kier molecular flexibility index (Phi) is 2.53. The zero-order valence-electron chi connectivity index (χ0n) is 10.3. The van der Waals surface area contributed by atoms with Gasteiger partial charge in [-0.15, -0.1) is 0 Å². The minimum atomic E-state index is -0.510. The van der Waals surface area contributed by atoms with Gasteiger partial charge in [0.2, 0.25) is 0 Å². The van der Waals surface area contributed by atoms with Crippen LogP contribution >= 0.6 is 0 Å². The van der Waals surface area contributed by atoms with E-state index in [1.807, 2.05) is 0 Å². The van der Waals surface area contributed by atoms with Gasteiger partial charge in [-0.05, 0) is 36.8 Å². The van der Waals surface area contributed by atoms with Crippen LogP contribution in [0.1, 0.15) is 49.7 Å².